The van der Waals surface area contributed by atoms with Crippen molar-refractivity contribution in [3.8, 4) is 0 Å². The van der Waals surface area contributed by atoms with Gasteiger partial charge in [0.25, 0.3) is 0 Å². The zero-order valence-electron chi connectivity index (χ0n) is 13.2. The van der Waals surface area contributed by atoms with Crippen LogP contribution in [-0.2, 0) is 6.42 Å². The number of hydrogen-bond acceptors (Lipinski definition) is 1. The fourth-order valence-corrected chi connectivity index (χ4v) is 4.17. The van der Waals surface area contributed by atoms with E-state index in [4.69, 9.17) is 0 Å². The van der Waals surface area contributed by atoms with Crippen LogP contribution in [0.15, 0.2) is 78.9 Å². The first-order valence-electron chi connectivity index (χ1n) is 8.36. The van der Waals surface area contributed by atoms with Gasteiger partial charge in [-0.2, -0.15) is 0 Å². The van der Waals surface area contributed by atoms with Crippen molar-refractivity contribution in [2.45, 2.75) is 6.42 Å². The lowest BCUT2D eigenvalue weighted by molar-refractivity contribution is 0.0957. The van der Waals surface area contributed by atoms with E-state index in [2.05, 4.69) is 54.6 Å². The third-order valence-electron chi connectivity index (χ3n) is 5.19. The molecule has 0 aromatic heterocycles. The Morgan fingerprint density at radius 2 is 1.29 bits per heavy atom. The highest BCUT2D eigenvalue weighted by atomic mass is 16.1. The Labute approximate surface area is 141 Å². The number of carbonyl (C=O) groups excluding carboxylic acids is 1. The smallest absolute Gasteiger partial charge is 0.171 e. The minimum absolute atomic E-state index is 0.0486. The van der Waals surface area contributed by atoms with Gasteiger partial charge >= 0.3 is 0 Å². The summed E-state index contributed by atoms with van der Waals surface area (Å²) in [6.07, 6.45) is 0.801. The van der Waals surface area contributed by atoms with Gasteiger partial charge < -0.3 is 0 Å². The molecule has 0 amide bonds. The molecule has 1 heteroatoms. The summed E-state index contributed by atoms with van der Waals surface area (Å²) in [4.78, 5) is 13.0. The Kier molecular flexibility index (Phi) is 2.83. The summed E-state index contributed by atoms with van der Waals surface area (Å²) >= 11 is 0. The summed E-state index contributed by atoms with van der Waals surface area (Å²) in [5.41, 5.74) is 8.14. The average Bonchev–Trinajstić information content (AvgIpc) is 2.93. The zero-order valence-corrected chi connectivity index (χ0v) is 13.2. The van der Waals surface area contributed by atoms with Gasteiger partial charge in [0.15, 0.2) is 5.78 Å². The molecule has 0 heterocycles. The molecule has 0 fully saturated rings. The minimum Gasteiger partial charge on any atom is -0.293 e. The summed E-state index contributed by atoms with van der Waals surface area (Å²) in [7, 11) is 0. The van der Waals surface area contributed by atoms with Crippen LogP contribution in [0.2, 0.25) is 0 Å². The van der Waals surface area contributed by atoms with Crippen molar-refractivity contribution in [2.75, 3.05) is 0 Å². The van der Waals surface area contributed by atoms with Crippen molar-refractivity contribution in [1.29, 1.82) is 0 Å². The highest BCUT2D eigenvalue weighted by Crippen LogP contribution is 2.49. The molecule has 2 aliphatic carbocycles. The van der Waals surface area contributed by atoms with Crippen LogP contribution in [0.5, 0.6) is 0 Å². The largest absolute Gasteiger partial charge is 0.293 e. The summed E-state index contributed by atoms with van der Waals surface area (Å²) in [5.74, 6) is 0.219. The Morgan fingerprint density at radius 3 is 2.08 bits per heavy atom. The quantitative estimate of drug-likeness (QED) is 0.617. The van der Waals surface area contributed by atoms with Crippen molar-refractivity contribution in [2.24, 2.45) is 5.92 Å². The maximum Gasteiger partial charge on any atom is 0.171 e. The van der Waals surface area contributed by atoms with Crippen molar-refractivity contribution in [1.82, 2.24) is 0 Å². The Bertz CT molecular complexity index is 995. The normalized spacial score (nSPS) is 18.2. The summed E-state index contributed by atoms with van der Waals surface area (Å²) in [6, 6.07) is 27.0. The Balaban J connectivity index is 1.90. The molecule has 1 nitrogen and oxygen atoms in total. The third-order valence-corrected chi connectivity index (χ3v) is 5.19. The van der Waals surface area contributed by atoms with E-state index in [0.717, 1.165) is 17.5 Å². The molecule has 0 spiro atoms. The van der Waals surface area contributed by atoms with E-state index in [0.29, 0.717) is 0 Å². The van der Waals surface area contributed by atoms with Crippen molar-refractivity contribution in [3.05, 3.63) is 107 Å². The van der Waals surface area contributed by atoms with E-state index in [1.807, 2.05) is 24.3 Å². The molecule has 114 valence electrons. The van der Waals surface area contributed by atoms with Crippen molar-refractivity contribution >= 4 is 16.9 Å². The number of Topliss-reactive ketones (excluding diaryl/α,β-unsaturated/α-hetero) is 1. The second kappa shape index (κ2) is 5.04. The highest BCUT2D eigenvalue weighted by molar-refractivity contribution is 6.21. The zero-order chi connectivity index (χ0) is 16.1. The van der Waals surface area contributed by atoms with E-state index in [-0.39, 0.29) is 11.7 Å². The van der Waals surface area contributed by atoms with E-state index in [1.165, 1.54) is 27.8 Å². The molecule has 1 atom stereocenters. The van der Waals surface area contributed by atoms with Gasteiger partial charge in [-0.1, -0.05) is 78.9 Å². The van der Waals surface area contributed by atoms with Crippen LogP contribution < -0.4 is 0 Å². The van der Waals surface area contributed by atoms with Crippen LogP contribution in [0.3, 0.4) is 0 Å². The molecule has 0 aliphatic heterocycles. The maximum absolute atomic E-state index is 13.0. The molecule has 0 radical (unpaired) electrons. The lowest BCUT2D eigenvalue weighted by Crippen LogP contribution is -2.18. The molecular formula is C23H16O. The molecule has 3 aromatic carbocycles. The fourth-order valence-electron chi connectivity index (χ4n) is 4.17. The number of rotatable bonds is 1. The molecule has 0 N–H and O–H groups in total. The van der Waals surface area contributed by atoms with Crippen molar-refractivity contribution in [3.63, 3.8) is 0 Å². The SMILES string of the molecule is O=C1c2ccccc2C2=C(c3ccccc3)c3ccccc3CC12. The van der Waals surface area contributed by atoms with Gasteiger partial charge in [0.2, 0.25) is 0 Å². The van der Waals surface area contributed by atoms with Crippen molar-refractivity contribution < 1.29 is 4.79 Å². The number of ketones is 1. The van der Waals surface area contributed by atoms with E-state index in [9.17, 15) is 4.79 Å². The van der Waals surface area contributed by atoms with Crippen LogP contribution in [0.1, 0.15) is 32.6 Å². The molecule has 1 unspecified atom stereocenters. The van der Waals surface area contributed by atoms with Crippen LogP contribution >= 0.6 is 0 Å². The Morgan fingerprint density at radius 1 is 0.667 bits per heavy atom. The predicted octanol–water partition coefficient (Wildman–Crippen LogP) is 5.01. The number of fused-ring (bicyclic) bond motifs is 4. The maximum atomic E-state index is 13.0. The van der Waals surface area contributed by atoms with Gasteiger partial charge in [-0.05, 0) is 39.8 Å². The van der Waals surface area contributed by atoms with E-state index in [1.54, 1.807) is 0 Å². The third kappa shape index (κ3) is 1.78. The van der Waals surface area contributed by atoms with Crippen LogP contribution in [-0.4, -0.2) is 5.78 Å². The standard InChI is InChI=1S/C23H16O/c24-23-19-13-7-6-12-18(19)22-20(23)14-16-10-4-5-11-17(16)21(22)15-8-2-1-3-9-15/h1-13,20H,14H2. The lowest BCUT2D eigenvalue weighted by atomic mass is 9.76. The second-order valence-corrected chi connectivity index (χ2v) is 6.48. The van der Waals surface area contributed by atoms with Crippen LogP contribution in [0.25, 0.3) is 11.1 Å². The predicted molar refractivity (Wildman–Crippen MR) is 96.8 cm³/mol. The minimum atomic E-state index is -0.0486. The second-order valence-electron chi connectivity index (χ2n) is 6.48. The van der Waals surface area contributed by atoms with Crippen LogP contribution in [0, 0.1) is 5.92 Å². The number of benzene rings is 3. The van der Waals surface area contributed by atoms with E-state index < -0.39 is 0 Å². The first kappa shape index (κ1) is 13.5. The first-order valence-corrected chi connectivity index (χ1v) is 8.36. The molecule has 3 aromatic rings. The molecule has 5 rings (SSSR count). The van der Waals surface area contributed by atoms with Gasteiger partial charge in [0.05, 0.1) is 5.92 Å². The lowest BCUT2D eigenvalue weighted by Gasteiger charge is -2.26. The average molecular weight is 308 g/mol. The highest BCUT2D eigenvalue weighted by Gasteiger charge is 2.40. The van der Waals surface area contributed by atoms with Gasteiger partial charge in [-0.25, -0.2) is 0 Å². The molecule has 0 saturated heterocycles. The first-order chi connectivity index (χ1) is 11.8. The van der Waals surface area contributed by atoms with Gasteiger partial charge in [-0.3, -0.25) is 4.79 Å². The Hall–Kier alpha value is -2.93. The van der Waals surface area contributed by atoms with Gasteiger partial charge in [0.1, 0.15) is 0 Å². The van der Waals surface area contributed by atoms with Gasteiger partial charge in [-0.15, -0.1) is 0 Å². The molecule has 24 heavy (non-hydrogen) atoms. The van der Waals surface area contributed by atoms with E-state index >= 15 is 0 Å². The molecular weight excluding hydrogens is 292 g/mol. The monoisotopic (exact) mass is 308 g/mol. The fraction of sp³-hybridized carbons (Fsp3) is 0.0870. The summed E-state index contributed by atoms with van der Waals surface area (Å²) in [5, 5.41) is 0. The summed E-state index contributed by atoms with van der Waals surface area (Å²) < 4.78 is 0. The molecule has 2 aliphatic rings. The molecule has 0 saturated carbocycles. The van der Waals surface area contributed by atoms with Crippen LogP contribution in [0.4, 0.5) is 0 Å². The topological polar surface area (TPSA) is 17.1 Å². The summed E-state index contributed by atoms with van der Waals surface area (Å²) in [6.45, 7) is 0. The molecule has 0 bridgehead atoms. The number of hydrogen-bond donors (Lipinski definition) is 0. The van der Waals surface area contributed by atoms with Gasteiger partial charge in [0, 0.05) is 5.56 Å². The number of carbonyl (C=O) groups is 1. The number of allylic oxidation sites excluding steroid dienone is 1.